The second-order valence-corrected chi connectivity index (χ2v) is 4.37. The Hall–Kier alpha value is -2.65. The summed E-state index contributed by atoms with van der Waals surface area (Å²) < 4.78 is 37.8. The highest BCUT2D eigenvalue weighted by atomic mass is 19.3. The molecular formula is C12H11F3N2O5. The normalized spacial score (nSPS) is 12.0. The second kappa shape index (κ2) is 6.87. The first-order valence-corrected chi connectivity index (χ1v) is 5.89. The Morgan fingerprint density at radius 1 is 1.41 bits per heavy atom. The van der Waals surface area contributed by atoms with Crippen molar-refractivity contribution < 1.29 is 32.8 Å². The smallest absolute Gasteiger partial charge is 0.326 e. The van der Waals surface area contributed by atoms with Crippen LogP contribution in [0.5, 0.6) is 0 Å². The molecular weight excluding hydrogens is 309 g/mol. The fourth-order valence-corrected chi connectivity index (χ4v) is 1.79. The average molecular weight is 320 g/mol. The van der Waals surface area contributed by atoms with E-state index in [4.69, 9.17) is 5.11 Å². The summed E-state index contributed by atoms with van der Waals surface area (Å²) in [4.78, 5) is 32.7. The van der Waals surface area contributed by atoms with Crippen molar-refractivity contribution in [2.45, 2.75) is 25.8 Å². The quantitative estimate of drug-likeness (QED) is 0.614. The van der Waals surface area contributed by atoms with Crippen LogP contribution in [-0.4, -0.2) is 34.4 Å². The number of nitro benzene ring substituents is 1. The SMILES string of the molecule is Cc1cc(F)cc(C(=O)NC(CC(F)F)C(=O)O)c1[N+](=O)[O-]. The zero-order chi connectivity index (χ0) is 17.0. The van der Waals surface area contributed by atoms with Crippen molar-refractivity contribution in [1.82, 2.24) is 5.32 Å². The van der Waals surface area contributed by atoms with E-state index in [1.807, 2.05) is 0 Å². The number of carboxylic acids is 1. The van der Waals surface area contributed by atoms with E-state index in [1.54, 1.807) is 5.32 Å². The maximum atomic E-state index is 13.3. The van der Waals surface area contributed by atoms with Crippen molar-refractivity contribution in [2.24, 2.45) is 0 Å². The van der Waals surface area contributed by atoms with Gasteiger partial charge >= 0.3 is 5.97 Å². The minimum absolute atomic E-state index is 0.157. The number of hydrogen-bond acceptors (Lipinski definition) is 4. The molecule has 1 unspecified atom stereocenters. The summed E-state index contributed by atoms with van der Waals surface area (Å²) in [5, 5.41) is 21.4. The third-order valence-electron chi connectivity index (χ3n) is 2.71. The third-order valence-corrected chi connectivity index (χ3v) is 2.71. The number of benzene rings is 1. The van der Waals surface area contributed by atoms with Crippen molar-refractivity contribution in [2.75, 3.05) is 0 Å². The molecule has 0 saturated heterocycles. The van der Waals surface area contributed by atoms with E-state index in [0.717, 1.165) is 6.07 Å². The van der Waals surface area contributed by atoms with E-state index in [9.17, 15) is 32.9 Å². The monoisotopic (exact) mass is 320 g/mol. The van der Waals surface area contributed by atoms with Crippen LogP contribution >= 0.6 is 0 Å². The van der Waals surface area contributed by atoms with E-state index in [0.29, 0.717) is 6.07 Å². The van der Waals surface area contributed by atoms with Crippen molar-refractivity contribution in [3.63, 3.8) is 0 Å². The maximum absolute atomic E-state index is 13.3. The lowest BCUT2D eigenvalue weighted by Crippen LogP contribution is -2.42. The Bertz CT molecular complexity index is 621. The van der Waals surface area contributed by atoms with Crippen LogP contribution in [-0.2, 0) is 4.79 Å². The molecule has 0 aliphatic rings. The number of aryl methyl sites for hydroxylation is 1. The number of hydrogen-bond donors (Lipinski definition) is 2. The molecule has 1 amide bonds. The van der Waals surface area contributed by atoms with E-state index < -0.39 is 52.8 Å². The van der Waals surface area contributed by atoms with Gasteiger partial charge in [-0.25, -0.2) is 18.0 Å². The fourth-order valence-electron chi connectivity index (χ4n) is 1.79. The Kier molecular flexibility index (Phi) is 5.44. The summed E-state index contributed by atoms with van der Waals surface area (Å²) in [5.74, 6) is -4.00. The number of carbonyl (C=O) groups is 2. The Labute approximate surface area is 121 Å². The molecule has 1 atom stereocenters. The van der Waals surface area contributed by atoms with Crippen LogP contribution in [0.1, 0.15) is 22.3 Å². The van der Waals surface area contributed by atoms with Crippen LogP contribution in [0.15, 0.2) is 12.1 Å². The Balaban J connectivity index is 3.17. The zero-order valence-corrected chi connectivity index (χ0v) is 11.2. The van der Waals surface area contributed by atoms with Crippen LogP contribution in [0.3, 0.4) is 0 Å². The number of rotatable bonds is 6. The highest BCUT2D eigenvalue weighted by Gasteiger charge is 2.29. The van der Waals surface area contributed by atoms with Gasteiger partial charge in [0.05, 0.1) is 4.92 Å². The first-order valence-electron chi connectivity index (χ1n) is 5.89. The highest BCUT2D eigenvalue weighted by molar-refractivity contribution is 6.00. The summed E-state index contributed by atoms with van der Waals surface area (Å²) in [6.07, 6.45) is -4.19. The first kappa shape index (κ1) is 17.4. The van der Waals surface area contributed by atoms with Crippen LogP contribution < -0.4 is 5.32 Å². The van der Waals surface area contributed by atoms with Gasteiger partial charge in [-0.2, -0.15) is 0 Å². The van der Waals surface area contributed by atoms with Gasteiger partial charge in [-0.15, -0.1) is 0 Å². The van der Waals surface area contributed by atoms with Gasteiger partial charge in [-0.3, -0.25) is 14.9 Å². The Morgan fingerprint density at radius 3 is 2.45 bits per heavy atom. The van der Waals surface area contributed by atoms with Crippen molar-refractivity contribution in [1.29, 1.82) is 0 Å². The predicted octanol–water partition coefficient (Wildman–Crippen LogP) is 1.88. The number of nitro groups is 1. The van der Waals surface area contributed by atoms with Crippen molar-refractivity contribution in [3.8, 4) is 0 Å². The van der Waals surface area contributed by atoms with Gasteiger partial charge in [0.1, 0.15) is 17.4 Å². The van der Waals surface area contributed by atoms with Gasteiger partial charge in [0, 0.05) is 12.0 Å². The number of nitrogens with one attached hydrogen (secondary N) is 1. The summed E-state index contributed by atoms with van der Waals surface area (Å²) in [6, 6.07) is -0.583. The number of aliphatic carboxylic acids is 1. The topological polar surface area (TPSA) is 110 Å². The molecule has 0 spiro atoms. The molecule has 10 heteroatoms. The molecule has 1 aromatic rings. The summed E-state index contributed by atoms with van der Waals surface area (Å²) in [7, 11) is 0. The lowest BCUT2D eigenvalue weighted by atomic mass is 10.1. The van der Waals surface area contributed by atoms with Gasteiger partial charge in [0.25, 0.3) is 11.6 Å². The maximum Gasteiger partial charge on any atom is 0.326 e. The van der Waals surface area contributed by atoms with Crippen LogP contribution in [0.2, 0.25) is 0 Å². The molecule has 0 radical (unpaired) electrons. The molecule has 0 aromatic heterocycles. The molecule has 22 heavy (non-hydrogen) atoms. The second-order valence-electron chi connectivity index (χ2n) is 4.37. The molecule has 0 heterocycles. The van der Waals surface area contributed by atoms with Gasteiger partial charge < -0.3 is 10.4 Å². The molecule has 0 aliphatic heterocycles. The van der Waals surface area contributed by atoms with E-state index in [-0.39, 0.29) is 5.56 Å². The molecule has 1 aromatic carbocycles. The highest BCUT2D eigenvalue weighted by Crippen LogP contribution is 2.25. The lowest BCUT2D eigenvalue weighted by molar-refractivity contribution is -0.385. The molecule has 0 saturated carbocycles. The van der Waals surface area contributed by atoms with Crippen LogP contribution in [0.4, 0.5) is 18.9 Å². The Morgan fingerprint density at radius 2 is 2.00 bits per heavy atom. The molecule has 0 bridgehead atoms. The van der Waals surface area contributed by atoms with Gasteiger partial charge in [0.2, 0.25) is 6.43 Å². The van der Waals surface area contributed by atoms with E-state index in [2.05, 4.69) is 0 Å². The fraction of sp³-hybridized carbons (Fsp3) is 0.333. The number of nitrogens with zero attached hydrogens (tertiary/aromatic N) is 1. The van der Waals surface area contributed by atoms with E-state index in [1.165, 1.54) is 6.92 Å². The predicted molar refractivity (Wildman–Crippen MR) is 67.3 cm³/mol. The van der Waals surface area contributed by atoms with Crippen molar-refractivity contribution >= 4 is 17.6 Å². The number of alkyl halides is 2. The molecule has 0 fully saturated rings. The van der Waals surface area contributed by atoms with Gasteiger partial charge in [-0.05, 0) is 19.1 Å². The molecule has 120 valence electrons. The molecule has 0 aliphatic carbocycles. The molecule has 1 rings (SSSR count). The van der Waals surface area contributed by atoms with Crippen LogP contribution in [0, 0.1) is 22.9 Å². The average Bonchev–Trinajstić information content (AvgIpc) is 2.35. The van der Waals surface area contributed by atoms with Crippen LogP contribution in [0.25, 0.3) is 0 Å². The number of halogens is 3. The lowest BCUT2D eigenvalue weighted by Gasteiger charge is -2.14. The largest absolute Gasteiger partial charge is 0.480 e. The summed E-state index contributed by atoms with van der Waals surface area (Å²) >= 11 is 0. The molecule has 2 N–H and O–H groups in total. The van der Waals surface area contributed by atoms with Gasteiger partial charge in [0.15, 0.2) is 0 Å². The number of carbonyl (C=O) groups excluding carboxylic acids is 1. The van der Waals surface area contributed by atoms with E-state index >= 15 is 0 Å². The number of carboxylic acid groups (broad SMARTS) is 1. The summed E-state index contributed by atoms with van der Waals surface area (Å²) in [5.41, 5.74) is -1.61. The standard InChI is InChI=1S/C12H11F3N2O5/c1-5-2-6(13)3-7(10(5)17(21)22)11(18)16-8(12(19)20)4-9(14)15/h2-3,8-9H,4H2,1H3,(H,16,18)(H,19,20). The molecule has 7 nitrogen and oxygen atoms in total. The summed E-state index contributed by atoms with van der Waals surface area (Å²) in [6.45, 7) is 1.19. The first-order chi connectivity index (χ1) is 10.1. The third kappa shape index (κ3) is 4.17. The van der Waals surface area contributed by atoms with Gasteiger partial charge in [-0.1, -0.05) is 0 Å². The zero-order valence-electron chi connectivity index (χ0n) is 11.2. The number of amides is 1. The minimum Gasteiger partial charge on any atom is -0.480 e. The minimum atomic E-state index is -3.01. The van der Waals surface area contributed by atoms with Crippen molar-refractivity contribution in [3.05, 3.63) is 39.2 Å².